The van der Waals surface area contributed by atoms with Crippen LogP contribution < -0.4 is 0 Å². The van der Waals surface area contributed by atoms with Crippen LogP contribution in [0.4, 0.5) is 4.79 Å². The number of ether oxygens (including phenoxy) is 1. The summed E-state index contributed by atoms with van der Waals surface area (Å²) >= 11 is 0. The van der Waals surface area contributed by atoms with Crippen LogP contribution in [-0.4, -0.2) is 59.3 Å². The van der Waals surface area contributed by atoms with Crippen molar-refractivity contribution < 1.29 is 14.3 Å². The first-order chi connectivity index (χ1) is 11.6. The van der Waals surface area contributed by atoms with Gasteiger partial charge >= 0.3 is 12.1 Å². The van der Waals surface area contributed by atoms with Crippen LogP contribution in [0.25, 0.3) is 0 Å². The van der Waals surface area contributed by atoms with Crippen LogP contribution in [-0.2, 0) is 16.1 Å². The van der Waals surface area contributed by atoms with Gasteiger partial charge < -0.3 is 14.5 Å². The highest BCUT2D eigenvalue weighted by atomic mass is 16.5. The van der Waals surface area contributed by atoms with E-state index in [2.05, 4.69) is 4.99 Å². The highest BCUT2D eigenvalue weighted by Gasteiger charge is 2.32. The summed E-state index contributed by atoms with van der Waals surface area (Å²) in [5, 5.41) is 0. The van der Waals surface area contributed by atoms with E-state index in [-0.39, 0.29) is 23.7 Å². The molecular weight excluding hydrogens is 308 g/mol. The zero-order valence-corrected chi connectivity index (χ0v) is 13.8. The summed E-state index contributed by atoms with van der Waals surface area (Å²) < 4.78 is 5.50. The van der Waals surface area contributed by atoms with Crippen LogP contribution in [0.5, 0.6) is 0 Å². The second-order valence-electron chi connectivity index (χ2n) is 5.69. The minimum absolute atomic E-state index is 0.170. The molecule has 0 unspecified atom stereocenters. The quantitative estimate of drug-likeness (QED) is 0.843. The van der Waals surface area contributed by atoms with E-state index >= 15 is 0 Å². The molecule has 0 radical (unpaired) electrons. The van der Waals surface area contributed by atoms with E-state index < -0.39 is 0 Å². The summed E-state index contributed by atoms with van der Waals surface area (Å²) in [6.07, 6.45) is 1.62. The van der Waals surface area contributed by atoms with Gasteiger partial charge in [-0.2, -0.15) is 0 Å². The first-order valence-corrected chi connectivity index (χ1v) is 7.91. The zero-order valence-electron chi connectivity index (χ0n) is 13.8. The molecule has 24 heavy (non-hydrogen) atoms. The maximum atomic E-state index is 12.3. The SMILES string of the molecule is CCN(C)C(=O)C1=CN2CCN(Cc3ccccc3)C(=O)N=C2O1. The number of likely N-dealkylation sites (N-methyl/N-ethyl adjacent to an activating group) is 1. The lowest BCUT2D eigenvalue weighted by Gasteiger charge is -2.19. The molecule has 0 fully saturated rings. The van der Waals surface area contributed by atoms with Gasteiger partial charge in [-0.05, 0) is 12.5 Å². The molecule has 1 aromatic rings. The third-order valence-corrected chi connectivity index (χ3v) is 4.04. The Kier molecular flexibility index (Phi) is 4.50. The molecule has 2 heterocycles. The molecule has 2 aliphatic heterocycles. The predicted octanol–water partition coefficient (Wildman–Crippen LogP) is 1.63. The standard InChI is InChI=1S/C17H20N4O3/c1-3-19(2)15(22)14-12-21-10-9-20(16(23)18-17(21)24-14)11-13-7-5-4-6-8-13/h4-8,12H,3,9-11H2,1-2H3. The largest absolute Gasteiger partial charge is 0.418 e. The summed E-state index contributed by atoms with van der Waals surface area (Å²) in [6.45, 7) is 4.00. The summed E-state index contributed by atoms with van der Waals surface area (Å²) in [5.41, 5.74) is 1.05. The van der Waals surface area contributed by atoms with Crippen molar-refractivity contribution in [3.05, 3.63) is 47.9 Å². The summed E-state index contributed by atoms with van der Waals surface area (Å²) in [4.78, 5) is 33.4. The van der Waals surface area contributed by atoms with Gasteiger partial charge in [0.05, 0.1) is 6.20 Å². The number of hydrogen-bond donors (Lipinski definition) is 0. The van der Waals surface area contributed by atoms with E-state index in [0.29, 0.717) is 26.2 Å². The van der Waals surface area contributed by atoms with Gasteiger partial charge in [0.1, 0.15) is 0 Å². The monoisotopic (exact) mass is 328 g/mol. The Morgan fingerprint density at radius 2 is 2.04 bits per heavy atom. The Bertz CT molecular complexity index is 699. The third kappa shape index (κ3) is 3.24. The fourth-order valence-electron chi connectivity index (χ4n) is 2.49. The van der Waals surface area contributed by atoms with E-state index in [1.165, 1.54) is 0 Å². The van der Waals surface area contributed by atoms with Crippen molar-refractivity contribution in [2.75, 3.05) is 26.7 Å². The number of carbonyl (C=O) groups is 2. The number of rotatable bonds is 4. The highest BCUT2D eigenvalue weighted by Crippen LogP contribution is 2.19. The molecule has 0 saturated heterocycles. The van der Waals surface area contributed by atoms with E-state index in [4.69, 9.17) is 4.74 Å². The molecule has 0 aliphatic carbocycles. The lowest BCUT2D eigenvalue weighted by Crippen LogP contribution is -2.32. The molecule has 3 amide bonds. The number of carbonyl (C=O) groups excluding carboxylic acids is 2. The molecule has 0 saturated carbocycles. The Morgan fingerprint density at radius 3 is 2.75 bits per heavy atom. The van der Waals surface area contributed by atoms with Crippen molar-refractivity contribution in [3.8, 4) is 0 Å². The Balaban J connectivity index is 1.70. The van der Waals surface area contributed by atoms with Crippen LogP contribution in [0, 0.1) is 0 Å². The van der Waals surface area contributed by atoms with E-state index in [1.54, 1.807) is 27.9 Å². The average Bonchev–Trinajstić information content (AvgIpc) is 2.94. The maximum absolute atomic E-state index is 12.3. The number of aliphatic imine (C=N–C) groups is 1. The average molecular weight is 328 g/mol. The molecule has 2 aliphatic rings. The van der Waals surface area contributed by atoms with Crippen molar-refractivity contribution >= 4 is 18.0 Å². The second kappa shape index (κ2) is 6.74. The first kappa shape index (κ1) is 16.0. The number of benzene rings is 1. The highest BCUT2D eigenvalue weighted by molar-refractivity contribution is 5.99. The van der Waals surface area contributed by atoms with Crippen molar-refractivity contribution in [1.82, 2.24) is 14.7 Å². The zero-order chi connectivity index (χ0) is 17.1. The molecule has 0 bridgehead atoms. The number of nitrogens with zero attached hydrogens (tertiary/aromatic N) is 4. The summed E-state index contributed by atoms with van der Waals surface area (Å²) in [7, 11) is 1.70. The van der Waals surface area contributed by atoms with Gasteiger partial charge in [-0.25, -0.2) is 4.79 Å². The fraction of sp³-hybridized carbons (Fsp3) is 0.353. The molecule has 0 atom stereocenters. The van der Waals surface area contributed by atoms with E-state index in [0.717, 1.165) is 5.56 Å². The van der Waals surface area contributed by atoms with Crippen LogP contribution in [0.15, 0.2) is 47.3 Å². The van der Waals surface area contributed by atoms with Crippen molar-refractivity contribution in [2.24, 2.45) is 4.99 Å². The fourth-order valence-corrected chi connectivity index (χ4v) is 2.49. The Hall–Kier alpha value is -2.83. The number of hydrogen-bond acceptors (Lipinski definition) is 4. The van der Waals surface area contributed by atoms with Gasteiger partial charge in [-0.15, -0.1) is 4.99 Å². The molecule has 3 rings (SSSR count). The van der Waals surface area contributed by atoms with Crippen LogP contribution >= 0.6 is 0 Å². The van der Waals surface area contributed by atoms with Gasteiger partial charge in [0.15, 0.2) is 0 Å². The lowest BCUT2D eigenvalue weighted by atomic mass is 10.2. The van der Waals surface area contributed by atoms with Gasteiger partial charge in [-0.3, -0.25) is 9.69 Å². The molecular formula is C17H20N4O3. The normalized spacial score (nSPS) is 16.8. The minimum Gasteiger partial charge on any atom is -0.418 e. The second-order valence-corrected chi connectivity index (χ2v) is 5.69. The Labute approximate surface area is 140 Å². The maximum Gasteiger partial charge on any atom is 0.348 e. The van der Waals surface area contributed by atoms with Crippen LogP contribution in [0.2, 0.25) is 0 Å². The molecule has 0 N–H and O–H groups in total. The molecule has 126 valence electrons. The summed E-state index contributed by atoms with van der Waals surface area (Å²) in [6, 6.07) is 9.58. The molecule has 0 spiro atoms. The number of amides is 3. The first-order valence-electron chi connectivity index (χ1n) is 7.91. The molecule has 7 heteroatoms. The van der Waals surface area contributed by atoms with Crippen molar-refractivity contribution in [2.45, 2.75) is 13.5 Å². The number of amidine groups is 1. The molecule has 0 aromatic heterocycles. The van der Waals surface area contributed by atoms with Gasteiger partial charge in [0.2, 0.25) is 5.76 Å². The number of fused-ring (bicyclic) bond motifs is 1. The topological polar surface area (TPSA) is 65.5 Å². The van der Waals surface area contributed by atoms with Crippen LogP contribution in [0.1, 0.15) is 12.5 Å². The van der Waals surface area contributed by atoms with Crippen molar-refractivity contribution in [3.63, 3.8) is 0 Å². The number of urea groups is 1. The third-order valence-electron chi connectivity index (χ3n) is 4.04. The van der Waals surface area contributed by atoms with E-state index in [1.807, 2.05) is 37.3 Å². The van der Waals surface area contributed by atoms with Gasteiger partial charge in [0, 0.05) is 33.2 Å². The van der Waals surface area contributed by atoms with Gasteiger partial charge in [0.25, 0.3) is 5.91 Å². The Morgan fingerprint density at radius 1 is 1.29 bits per heavy atom. The molecule has 1 aromatic carbocycles. The smallest absolute Gasteiger partial charge is 0.348 e. The molecule has 7 nitrogen and oxygen atoms in total. The van der Waals surface area contributed by atoms with Crippen LogP contribution in [0.3, 0.4) is 0 Å². The van der Waals surface area contributed by atoms with E-state index in [9.17, 15) is 9.59 Å². The minimum atomic E-state index is -0.359. The lowest BCUT2D eigenvalue weighted by molar-refractivity contribution is -0.127. The van der Waals surface area contributed by atoms with Gasteiger partial charge in [-0.1, -0.05) is 30.3 Å². The summed E-state index contributed by atoms with van der Waals surface area (Å²) in [5.74, 6) is -0.0238. The van der Waals surface area contributed by atoms with Crippen molar-refractivity contribution in [1.29, 1.82) is 0 Å². The predicted molar refractivity (Wildman–Crippen MR) is 88.9 cm³/mol.